The average Bonchev–Trinajstić information content (AvgIpc) is 2.35. The van der Waals surface area contributed by atoms with E-state index in [1.54, 1.807) is 24.3 Å². The molecule has 0 radical (unpaired) electrons. The number of nitrogens with zero attached hydrogens (tertiary/aromatic N) is 1. The van der Waals surface area contributed by atoms with E-state index < -0.39 is 12.0 Å². The summed E-state index contributed by atoms with van der Waals surface area (Å²) in [6.07, 6.45) is 4.01. The lowest BCUT2D eigenvalue weighted by atomic mass is 9.90. The minimum Gasteiger partial charge on any atom is -0.396 e. The standard InChI is InChI=1S/C11H15NO2.C2H6/c1-3-5-9(4-2)10(6-7-13)11(14)8-12;1-2/h3-5,10-11,13-14H,1-2,6-7H2;1-2H3/b9-5+;. The predicted molar refractivity (Wildman–Crippen MR) is 66.6 cm³/mol. The van der Waals surface area contributed by atoms with Crippen LogP contribution in [-0.2, 0) is 0 Å². The summed E-state index contributed by atoms with van der Waals surface area (Å²) in [7, 11) is 0. The zero-order valence-corrected chi connectivity index (χ0v) is 10.1. The van der Waals surface area contributed by atoms with Gasteiger partial charge in [0.2, 0.25) is 0 Å². The van der Waals surface area contributed by atoms with E-state index in [2.05, 4.69) is 13.2 Å². The number of hydrogen-bond donors (Lipinski definition) is 2. The first kappa shape index (κ1) is 17.0. The Morgan fingerprint density at radius 1 is 1.44 bits per heavy atom. The van der Waals surface area contributed by atoms with Crippen LogP contribution < -0.4 is 0 Å². The second kappa shape index (κ2) is 11.7. The van der Waals surface area contributed by atoms with Gasteiger partial charge in [-0.25, -0.2) is 0 Å². The Morgan fingerprint density at radius 2 is 2.00 bits per heavy atom. The molecule has 0 aromatic carbocycles. The molecule has 0 aromatic rings. The van der Waals surface area contributed by atoms with Crippen molar-refractivity contribution in [1.29, 1.82) is 5.26 Å². The van der Waals surface area contributed by atoms with Crippen LogP contribution in [0.3, 0.4) is 0 Å². The van der Waals surface area contributed by atoms with E-state index in [4.69, 9.17) is 10.4 Å². The highest BCUT2D eigenvalue weighted by molar-refractivity contribution is 5.26. The van der Waals surface area contributed by atoms with E-state index >= 15 is 0 Å². The smallest absolute Gasteiger partial charge is 0.147 e. The molecule has 0 aromatic heterocycles. The minimum atomic E-state index is -1.12. The second-order valence-corrected chi connectivity index (χ2v) is 2.80. The van der Waals surface area contributed by atoms with Crippen molar-refractivity contribution >= 4 is 0 Å². The van der Waals surface area contributed by atoms with Crippen molar-refractivity contribution in [3.05, 3.63) is 37.0 Å². The molecule has 0 aliphatic rings. The van der Waals surface area contributed by atoms with E-state index in [1.165, 1.54) is 0 Å². The van der Waals surface area contributed by atoms with Gasteiger partial charge < -0.3 is 10.2 Å². The van der Waals surface area contributed by atoms with Crippen LogP contribution in [0.15, 0.2) is 37.0 Å². The zero-order valence-electron chi connectivity index (χ0n) is 10.1. The van der Waals surface area contributed by atoms with Crippen LogP contribution in [0, 0.1) is 17.2 Å². The van der Waals surface area contributed by atoms with Gasteiger partial charge in [-0.3, -0.25) is 0 Å². The van der Waals surface area contributed by atoms with E-state index in [9.17, 15) is 5.11 Å². The third kappa shape index (κ3) is 6.18. The SMILES string of the molecule is C=C/C=C(\C=C)C(CCO)C(O)C#N.CC. The van der Waals surface area contributed by atoms with Crippen LogP contribution in [0.4, 0.5) is 0 Å². The minimum absolute atomic E-state index is 0.0776. The molecular weight excluding hydrogens is 202 g/mol. The van der Waals surface area contributed by atoms with Crippen LogP contribution >= 0.6 is 0 Å². The molecule has 0 saturated heterocycles. The van der Waals surface area contributed by atoms with E-state index in [-0.39, 0.29) is 6.61 Å². The molecule has 0 rings (SSSR count). The third-order valence-corrected chi connectivity index (χ3v) is 1.93. The topological polar surface area (TPSA) is 64.2 Å². The molecule has 3 nitrogen and oxygen atoms in total. The highest BCUT2D eigenvalue weighted by atomic mass is 16.3. The zero-order chi connectivity index (χ0) is 13.0. The molecular formula is C13H21NO2. The number of rotatable bonds is 6. The Bertz CT molecular complexity index is 264. The fourth-order valence-electron chi connectivity index (χ4n) is 1.21. The summed E-state index contributed by atoms with van der Waals surface area (Å²) in [4.78, 5) is 0. The van der Waals surface area contributed by atoms with Gasteiger partial charge >= 0.3 is 0 Å². The fourth-order valence-corrected chi connectivity index (χ4v) is 1.21. The first-order chi connectivity index (χ1) is 7.71. The lowest BCUT2D eigenvalue weighted by Crippen LogP contribution is -2.21. The molecule has 0 fully saturated rings. The van der Waals surface area contributed by atoms with Gasteiger partial charge in [0.05, 0.1) is 6.07 Å². The van der Waals surface area contributed by atoms with Gasteiger partial charge in [0.1, 0.15) is 6.10 Å². The fraction of sp³-hybridized carbons (Fsp3) is 0.462. The van der Waals surface area contributed by atoms with Crippen molar-refractivity contribution in [2.45, 2.75) is 26.4 Å². The molecule has 2 N–H and O–H groups in total. The number of hydrogen-bond acceptors (Lipinski definition) is 3. The number of allylic oxidation sites excluding steroid dienone is 3. The largest absolute Gasteiger partial charge is 0.396 e. The Kier molecular flexibility index (Phi) is 12.5. The van der Waals surface area contributed by atoms with Gasteiger partial charge in [-0.15, -0.1) is 0 Å². The van der Waals surface area contributed by atoms with Crippen LogP contribution in [0.2, 0.25) is 0 Å². The first-order valence-corrected chi connectivity index (χ1v) is 5.34. The number of nitriles is 1. The van der Waals surface area contributed by atoms with Crippen molar-refractivity contribution < 1.29 is 10.2 Å². The monoisotopic (exact) mass is 223 g/mol. The Hall–Kier alpha value is -1.37. The van der Waals surface area contributed by atoms with Crippen molar-refractivity contribution in [3.8, 4) is 6.07 Å². The summed E-state index contributed by atoms with van der Waals surface area (Å²) in [6.45, 7) is 11.0. The van der Waals surface area contributed by atoms with E-state index in [0.717, 1.165) is 0 Å². The first-order valence-electron chi connectivity index (χ1n) is 5.34. The molecule has 90 valence electrons. The molecule has 16 heavy (non-hydrogen) atoms. The number of aliphatic hydroxyl groups is 2. The maximum Gasteiger partial charge on any atom is 0.147 e. The molecule has 2 atom stereocenters. The molecule has 0 bridgehead atoms. The van der Waals surface area contributed by atoms with Crippen LogP contribution in [0.1, 0.15) is 20.3 Å². The summed E-state index contributed by atoms with van der Waals surface area (Å²) in [5.41, 5.74) is 0.711. The molecule has 0 aliphatic carbocycles. The second-order valence-electron chi connectivity index (χ2n) is 2.80. The van der Waals surface area contributed by atoms with Crippen LogP contribution in [0.5, 0.6) is 0 Å². The summed E-state index contributed by atoms with van der Waals surface area (Å²) in [6, 6.07) is 1.74. The van der Waals surface area contributed by atoms with Gasteiger partial charge in [-0.1, -0.05) is 45.2 Å². The van der Waals surface area contributed by atoms with Crippen molar-refractivity contribution in [1.82, 2.24) is 0 Å². The Balaban J connectivity index is 0. The van der Waals surface area contributed by atoms with E-state index in [0.29, 0.717) is 12.0 Å². The van der Waals surface area contributed by atoms with Crippen LogP contribution in [0.25, 0.3) is 0 Å². The Labute approximate surface area is 98.0 Å². The lowest BCUT2D eigenvalue weighted by molar-refractivity contribution is 0.153. The van der Waals surface area contributed by atoms with Gasteiger partial charge in [-0.05, 0) is 12.0 Å². The Morgan fingerprint density at radius 3 is 2.31 bits per heavy atom. The van der Waals surface area contributed by atoms with Crippen molar-refractivity contribution in [2.24, 2.45) is 5.92 Å². The van der Waals surface area contributed by atoms with Crippen LogP contribution in [-0.4, -0.2) is 22.9 Å². The maximum atomic E-state index is 9.38. The molecule has 0 aliphatic heterocycles. The van der Waals surface area contributed by atoms with Crippen molar-refractivity contribution in [3.63, 3.8) is 0 Å². The lowest BCUT2D eigenvalue weighted by Gasteiger charge is -2.17. The van der Waals surface area contributed by atoms with Gasteiger partial charge in [-0.2, -0.15) is 5.26 Å². The molecule has 0 amide bonds. The quantitative estimate of drug-likeness (QED) is 0.536. The summed E-state index contributed by atoms with van der Waals surface area (Å²) in [5.74, 6) is -0.402. The molecule has 0 heterocycles. The van der Waals surface area contributed by atoms with Crippen molar-refractivity contribution in [2.75, 3.05) is 6.61 Å². The maximum absolute atomic E-state index is 9.38. The summed E-state index contributed by atoms with van der Waals surface area (Å²) in [5, 5.41) is 26.7. The third-order valence-electron chi connectivity index (χ3n) is 1.93. The normalized spacial score (nSPS) is 13.8. The van der Waals surface area contributed by atoms with Gasteiger partial charge in [0.15, 0.2) is 0 Å². The molecule has 2 unspecified atom stereocenters. The van der Waals surface area contributed by atoms with Gasteiger partial charge in [0, 0.05) is 12.5 Å². The average molecular weight is 223 g/mol. The molecule has 3 heteroatoms. The molecule has 0 spiro atoms. The molecule has 0 saturated carbocycles. The summed E-state index contributed by atoms with van der Waals surface area (Å²) >= 11 is 0. The predicted octanol–water partition coefficient (Wildman–Crippen LogP) is 2.19. The number of aliphatic hydroxyl groups excluding tert-OH is 2. The highest BCUT2D eigenvalue weighted by Gasteiger charge is 2.20. The highest BCUT2D eigenvalue weighted by Crippen LogP contribution is 2.20. The van der Waals surface area contributed by atoms with E-state index in [1.807, 2.05) is 13.8 Å². The van der Waals surface area contributed by atoms with Gasteiger partial charge in [0.25, 0.3) is 0 Å². The summed E-state index contributed by atoms with van der Waals surface area (Å²) < 4.78 is 0.